The number of benzene rings is 1. The standard InChI is InChI=1S/C11H16N2O5S/c1-8(14)11(2,3)12-19(17,18)10-7-5-4-6-9(10)13(15)16/h4-8,12,14H,1-3H3. The minimum atomic E-state index is -4.09. The summed E-state index contributed by atoms with van der Waals surface area (Å²) in [4.78, 5) is 9.65. The summed E-state index contributed by atoms with van der Waals surface area (Å²) in [6, 6.07) is 5.05. The Morgan fingerprint density at radius 3 is 2.37 bits per heavy atom. The average Bonchev–Trinajstić information content (AvgIpc) is 2.27. The highest BCUT2D eigenvalue weighted by Crippen LogP contribution is 2.24. The predicted molar refractivity (Wildman–Crippen MR) is 69.2 cm³/mol. The molecule has 2 N–H and O–H groups in total. The third-order valence-corrected chi connectivity index (χ3v) is 4.51. The second-order valence-electron chi connectivity index (χ2n) is 4.73. The van der Waals surface area contributed by atoms with E-state index in [2.05, 4.69) is 4.72 Å². The molecule has 0 saturated heterocycles. The number of hydrogen-bond acceptors (Lipinski definition) is 5. The summed E-state index contributed by atoms with van der Waals surface area (Å²) in [5.74, 6) is 0. The van der Waals surface area contributed by atoms with E-state index in [0.29, 0.717) is 0 Å². The van der Waals surface area contributed by atoms with Gasteiger partial charge in [-0.2, -0.15) is 0 Å². The maximum Gasteiger partial charge on any atom is 0.289 e. The molecule has 1 aromatic carbocycles. The Bertz CT molecular complexity index is 581. The van der Waals surface area contributed by atoms with Crippen LogP contribution in [0.4, 0.5) is 5.69 Å². The first kappa shape index (κ1) is 15.5. The van der Waals surface area contributed by atoms with Crippen LogP contribution >= 0.6 is 0 Å². The Labute approximate surface area is 111 Å². The number of hydrogen-bond donors (Lipinski definition) is 2. The molecule has 0 aromatic heterocycles. The molecule has 0 heterocycles. The van der Waals surface area contributed by atoms with Crippen molar-refractivity contribution in [1.29, 1.82) is 0 Å². The number of nitro benzene ring substituents is 1. The molecule has 1 unspecified atom stereocenters. The van der Waals surface area contributed by atoms with Crippen molar-refractivity contribution in [2.75, 3.05) is 0 Å². The molecule has 1 aromatic rings. The van der Waals surface area contributed by atoms with Crippen LogP contribution in [0.5, 0.6) is 0 Å². The quantitative estimate of drug-likeness (QED) is 0.621. The van der Waals surface area contributed by atoms with Gasteiger partial charge in [-0.25, -0.2) is 13.1 Å². The van der Waals surface area contributed by atoms with Crippen LogP contribution in [0.1, 0.15) is 20.8 Å². The van der Waals surface area contributed by atoms with E-state index in [-0.39, 0.29) is 0 Å². The van der Waals surface area contributed by atoms with Crippen molar-refractivity contribution in [2.45, 2.75) is 37.3 Å². The van der Waals surface area contributed by atoms with Gasteiger partial charge in [-0.3, -0.25) is 10.1 Å². The van der Waals surface area contributed by atoms with E-state index in [1.54, 1.807) is 0 Å². The highest BCUT2D eigenvalue weighted by atomic mass is 32.2. The first-order valence-corrected chi connectivity index (χ1v) is 7.02. The lowest BCUT2D eigenvalue weighted by Crippen LogP contribution is -2.50. The van der Waals surface area contributed by atoms with Gasteiger partial charge < -0.3 is 5.11 Å². The van der Waals surface area contributed by atoms with Gasteiger partial charge in [-0.15, -0.1) is 0 Å². The molecule has 7 nitrogen and oxygen atoms in total. The van der Waals surface area contributed by atoms with Crippen LogP contribution in [0.15, 0.2) is 29.2 Å². The van der Waals surface area contributed by atoms with E-state index in [0.717, 1.165) is 12.1 Å². The summed E-state index contributed by atoms with van der Waals surface area (Å²) in [6.07, 6.45) is -0.954. The number of nitrogens with one attached hydrogen (secondary N) is 1. The first-order valence-electron chi connectivity index (χ1n) is 5.53. The van der Waals surface area contributed by atoms with Crippen molar-refractivity contribution in [3.63, 3.8) is 0 Å². The van der Waals surface area contributed by atoms with Gasteiger partial charge in [-0.1, -0.05) is 12.1 Å². The van der Waals surface area contributed by atoms with E-state index in [1.165, 1.54) is 32.9 Å². The number of aliphatic hydroxyl groups is 1. The molecule has 1 rings (SSSR count). The summed E-state index contributed by atoms with van der Waals surface area (Å²) in [5.41, 5.74) is -1.64. The van der Waals surface area contributed by atoms with Gasteiger partial charge >= 0.3 is 0 Å². The monoisotopic (exact) mass is 288 g/mol. The topological polar surface area (TPSA) is 110 Å². The van der Waals surface area contributed by atoms with Gasteiger partial charge in [0.15, 0.2) is 4.90 Å². The summed E-state index contributed by atoms with van der Waals surface area (Å²) >= 11 is 0. The molecular weight excluding hydrogens is 272 g/mol. The van der Waals surface area contributed by atoms with Crippen LogP contribution in [0.2, 0.25) is 0 Å². The highest BCUT2D eigenvalue weighted by Gasteiger charge is 2.33. The largest absolute Gasteiger partial charge is 0.391 e. The number of rotatable bonds is 5. The maximum atomic E-state index is 12.2. The highest BCUT2D eigenvalue weighted by molar-refractivity contribution is 7.89. The molecule has 0 aliphatic carbocycles. The van der Waals surface area contributed by atoms with Crippen LogP contribution in [-0.4, -0.2) is 30.1 Å². The molecule has 0 amide bonds. The minimum absolute atomic E-state index is 0.422. The second-order valence-corrected chi connectivity index (χ2v) is 6.38. The lowest BCUT2D eigenvalue weighted by atomic mass is 10.0. The molecule has 0 aliphatic rings. The van der Waals surface area contributed by atoms with Crippen molar-refractivity contribution in [2.24, 2.45) is 0 Å². The number of sulfonamides is 1. The lowest BCUT2D eigenvalue weighted by Gasteiger charge is -2.28. The maximum absolute atomic E-state index is 12.2. The summed E-state index contributed by atoms with van der Waals surface area (Å²) in [5, 5.41) is 20.3. The summed E-state index contributed by atoms with van der Waals surface area (Å²) in [6.45, 7) is 4.41. The van der Waals surface area contributed by atoms with Crippen LogP contribution < -0.4 is 4.72 Å². The van der Waals surface area contributed by atoms with Crippen LogP contribution in [0.3, 0.4) is 0 Å². The van der Waals surface area contributed by atoms with Gasteiger partial charge in [0.2, 0.25) is 10.0 Å². The van der Waals surface area contributed by atoms with Crippen LogP contribution in [0, 0.1) is 10.1 Å². The van der Waals surface area contributed by atoms with Gasteiger partial charge in [0.1, 0.15) is 0 Å². The molecule has 106 valence electrons. The third-order valence-electron chi connectivity index (χ3n) is 2.79. The molecule has 0 aliphatic heterocycles. The molecule has 0 saturated carbocycles. The molecule has 0 radical (unpaired) electrons. The Morgan fingerprint density at radius 2 is 1.89 bits per heavy atom. The fourth-order valence-electron chi connectivity index (χ4n) is 1.32. The molecular formula is C11H16N2O5S. The van der Waals surface area contributed by atoms with Gasteiger partial charge in [0.25, 0.3) is 5.69 Å². The van der Waals surface area contributed by atoms with Gasteiger partial charge in [0.05, 0.1) is 16.6 Å². The normalized spacial score (nSPS) is 14.1. The van der Waals surface area contributed by atoms with E-state index in [1.807, 2.05) is 0 Å². The molecule has 0 fully saturated rings. The fourth-order valence-corrected chi connectivity index (χ4v) is 2.97. The Kier molecular flexibility index (Phi) is 4.28. The smallest absolute Gasteiger partial charge is 0.289 e. The predicted octanol–water partition coefficient (Wildman–Crippen LogP) is 1.03. The number of nitro groups is 1. The van der Waals surface area contributed by atoms with Crippen molar-refractivity contribution in [3.8, 4) is 0 Å². The second kappa shape index (κ2) is 5.24. The first-order chi connectivity index (χ1) is 8.58. The molecule has 0 spiro atoms. The molecule has 0 bridgehead atoms. The van der Waals surface area contributed by atoms with Crippen LogP contribution in [-0.2, 0) is 10.0 Å². The van der Waals surface area contributed by atoms with E-state index >= 15 is 0 Å². The van der Waals surface area contributed by atoms with Crippen molar-refractivity contribution in [1.82, 2.24) is 4.72 Å². The fraction of sp³-hybridized carbons (Fsp3) is 0.455. The lowest BCUT2D eigenvalue weighted by molar-refractivity contribution is -0.387. The molecule has 8 heteroatoms. The number of aliphatic hydroxyl groups excluding tert-OH is 1. The summed E-state index contributed by atoms with van der Waals surface area (Å²) < 4.78 is 26.6. The zero-order valence-corrected chi connectivity index (χ0v) is 11.6. The third kappa shape index (κ3) is 3.49. The molecule has 1 atom stereocenters. The number of para-hydroxylation sites is 1. The Hall–Kier alpha value is -1.51. The zero-order chi connectivity index (χ0) is 14.8. The van der Waals surface area contributed by atoms with Crippen molar-refractivity contribution >= 4 is 15.7 Å². The van der Waals surface area contributed by atoms with Crippen LogP contribution in [0.25, 0.3) is 0 Å². The summed E-state index contributed by atoms with van der Waals surface area (Å²) in [7, 11) is -4.09. The SMILES string of the molecule is CC(O)C(C)(C)NS(=O)(=O)c1ccccc1[N+](=O)[O-]. The van der Waals surface area contributed by atoms with Gasteiger partial charge in [-0.05, 0) is 26.8 Å². The van der Waals surface area contributed by atoms with Crippen molar-refractivity contribution < 1.29 is 18.4 Å². The van der Waals surface area contributed by atoms with E-state index < -0.39 is 37.2 Å². The van der Waals surface area contributed by atoms with E-state index in [9.17, 15) is 23.6 Å². The minimum Gasteiger partial charge on any atom is -0.391 e. The zero-order valence-electron chi connectivity index (χ0n) is 10.8. The Balaban J connectivity index is 3.26. The molecule has 19 heavy (non-hydrogen) atoms. The van der Waals surface area contributed by atoms with Crippen molar-refractivity contribution in [3.05, 3.63) is 34.4 Å². The van der Waals surface area contributed by atoms with E-state index in [4.69, 9.17) is 0 Å². The Morgan fingerprint density at radius 1 is 1.37 bits per heavy atom. The number of nitrogens with zero attached hydrogens (tertiary/aromatic N) is 1. The average molecular weight is 288 g/mol. The van der Waals surface area contributed by atoms with Gasteiger partial charge in [0, 0.05) is 6.07 Å².